The smallest absolute Gasteiger partial charge is 0.251 e. The zero-order chi connectivity index (χ0) is 26.4. The summed E-state index contributed by atoms with van der Waals surface area (Å²) >= 11 is 0. The second kappa shape index (κ2) is 11.7. The molecule has 2 aromatic heterocycles. The number of carbonyl (C=O) groups excluding carboxylic acids is 2. The van der Waals surface area contributed by atoms with Gasteiger partial charge in [-0.25, -0.2) is 9.97 Å². The highest BCUT2D eigenvalue weighted by Crippen LogP contribution is 2.26. The number of nitrogens with one attached hydrogen (secondary N) is 2. The Balaban J connectivity index is 1.31. The molecule has 1 aliphatic heterocycles. The van der Waals surface area contributed by atoms with E-state index in [1.807, 2.05) is 57.2 Å². The monoisotopic (exact) mass is 503 g/mol. The van der Waals surface area contributed by atoms with Crippen molar-refractivity contribution in [3.8, 4) is 11.6 Å². The minimum absolute atomic E-state index is 0.0787. The van der Waals surface area contributed by atoms with E-state index in [4.69, 9.17) is 9.47 Å². The fourth-order valence-corrected chi connectivity index (χ4v) is 4.17. The Morgan fingerprint density at radius 1 is 1.03 bits per heavy atom. The summed E-state index contributed by atoms with van der Waals surface area (Å²) < 4.78 is 12.0. The van der Waals surface area contributed by atoms with Crippen LogP contribution in [0.15, 0.2) is 60.9 Å². The Labute approximate surface area is 217 Å². The van der Waals surface area contributed by atoms with Crippen LogP contribution in [0.2, 0.25) is 0 Å². The third-order valence-corrected chi connectivity index (χ3v) is 5.94. The molecule has 2 atom stereocenters. The fraction of sp³-hybridized carbons (Fsp3) is 0.357. The predicted molar refractivity (Wildman–Crippen MR) is 142 cm³/mol. The number of carbonyl (C=O) groups is 2. The number of nitrogens with zero attached hydrogens (tertiary/aromatic N) is 3. The van der Waals surface area contributed by atoms with Gasteiger partial charge in [-0.05, 0) is 56.7 Å². The summed E-state index contributed by atoms with van der Waals surface area (Å²) in [5.41, 5.74) is 2.46. The van der Waals surface area contributed by atoms with Crippen LogP contribution < -0.4 is 25.0 Å². The average Bonchev–Trinajstić information content (AvgIpc) is 3.32. The van der Waals surface area contributed by atoms with E-state index in [0.29, 0.717) is 17.3 Å². The molecule has 0 aliphatic carbocycles. The van der Waals surface area contributed by atoms with Crippen LogP contribution in [0.3, 0.4) is 0 Å². The lowest BCUT2D eigenvalue weighted by molar-refractivity contribution is -0.114. The molecule has 1 saturated heterocycles. The van der Waals surface area contributed by atoms with Crippen molar-refractivity contribution in [3.63, 3.8) is 0 Å². The maximum Gasteiger partial charge on any atom is 0.251 e. The number of anilines is 2. The van der Waals surface area contributed by atoms with Gasteiger partial charge in [-0.15, -0.1) is 0 Å². The van der Waals surface area contributed by atoms with Crippen molar-refractivity contribution < 1.29 is 19.1 Å². The van der Waals surface area contributed by atoms with Gasteiger partial charge in [0.1, 0.15) is 17.7 Å². The van der Waals surface area contributed by atoms with Gasteiger partial charge in [0.2, 0.25) is 11.8 Å². The number of pyridine rings is 2. The van der Waals surface area contributed by atoms with E-state index in [1.165, 1.54) is 13.1 Å². The van der Waals surface area contributed by atoms with E-state index in [9.17, 15) is 9.59 Å². The van der Waals surface area contributed by atoms with Gasteiger partial charge in [-0.2, -0.15) is 0 Å². The Kier molecular flexibility index (Phi) is 8.22. The molecule has 1 aromatic carbocycles. The first kappa shape index (κ1) is 25.9. The third kappa shape index (κ3) is 7.19. The number of hydrogen-bond acceptors (Lipinski definition) is 7. The van der Waals surface area contributed by atoms with Crippen LogP contribution in [-0.2, 0) is 4.79 Å². The van der Waals surface area contributed by atoms with Crippen molar-refractivity contribution in [3.05, 3.63) is 72.1 Å². The number of benzene rings is 1. The van der Waals surface area contributed by atoms with Crippen LogP contribution in [0.25, 0.3) is 0 Å². The Morgan fingerprint density at radius 2 is 1.78 bits per heavy atom. The molecule has 2 amide bonds. The lowest BCUT2D eigenvalue weighted by Gasteiger charge is -2.20. The van der Waals surface area contributed by atoms with E-state index < -0.39 is 0 Å². The van der Waals surface area contributed by atoms with Crippen LogP contribution in [0.4, 0.5) is 11.5 Å². The first-order valence-corrected chi connectivity index (χ1v) is 12.5. The molecule has 0 radical (unpaired) electrons. The van der Waals surface area contributed by atoms with Crippen molar-refractivity contribution in [2.24, 2.45) is 0 Å². The van der Waals surface area contributed by atoms with E-state index in [2.05, 4.69) is 25.5 Å². The van der Waals surface area contributed by atoms with Crippen molar-refractivity contribution in [2.45, 2.75) is 52.4 Å². The molecule has 4 rings (SSSR count). The van der Waals surface area contributed by atoms with Crippen molar-refractivity contribution in [2.75, 3.05) is 23.3 Å². The molecular formula is C28H33N5O4. The van der Waals surface area contributed by atoms with Gasteiger partial charge < -0.3 is 25.0 Å². The van der Waals surface area contributed by atoms with Gasteiger partial charge in [-0.3, -0.25) is 9.59 Å². The minimum Gasteiger partial charge on any atom is -0.489 e. The summed E-state index contributed by atoms with van der Waals surface area (Å²) in [5, 5.41) is 5.57. The van der Waals surface area contributed by atoms with Crippen molar-refractivity contribution in [1.29, 1.82) is 0 Å². The van der Waals surface area contributed by atoms with Gasteiger partial charge in [0.25, 0.3) is 5.91 Å². The molecule has 0 unspecified atom stereocenters. The predicted octanol–water partition coefficient (Wildman–Crippen LogP) is 4.37. The SMILES string of the molecule is CC(=O)Nc1cc(C(=O)N[C@@H](C)c2ccc(O[C@@H]3CCN(c4ccnc(OC(C)C)c4)C3)cc2)ccn1. The zero-order valence-corrected chi connectivity index (χ0v) is 21.6. The minimum atomic E-state index is -0.245. The van der Waals surface area contributed by atoms with Crippen LogP contribution in [0.5, 0.6) is 11.6 Å². The molecule has 194 valence electrons. The summed E-state index contributed by atoms with van der Waals surface area (Å²) in [5.74, 6) is 1.28. The average molecular weight is 504 g/mol. The molecule has 2 N–H and O–H groups in total. The van der Waals surface area contributed by atoms with Crippen LogP contribution in [-0.4, -0.2) is 47.1 Å². The lowest BCUT2D eigenvalue weighted by atomic mass is 10.1. The zero-order valence-electron chi connectivity index (χ0n) is 21.6. The fourth-order valence-electron chi connectivity index (χ4n) is 4.17. The Morgan fingerprint density at radius 3 is 2.51 bits per heavy atom. The molecule has 9 nitrogen and oxygen atoms in total. The summed E-state index contributed by atoms with van der Waals surface area (Å²) in [6, 6.07) is 14.7. The van der Waals surface area contributed by atoms with Gasteiger partial charge in [0.05, 0.1) is 18.7 Å². The molecule has 3 heterocycles. The van der Waals surface area contributed by atoms with Crippen LogP contribution >= 0.6 is 0 Å². The molecule has 9 heteroatoms. The quantitative estimate of drug-likeness (QED) is 0.447. The number of rotatable bonds is 9. The van der Waals surface area contributed by atoms with Crippen molar-refractivity contribution in [1.82, 2.24) is 15.3 Å². The highest BCUT2D eigenvalue weighted by Gasteiger charge is 2.25. The normalized spacial score (nSPS) is 15.8. The summed E-state index contributed by atoms with van der Waals surface area (Å²) in [6.45, 7) is 8.97. The second-order valence-corrected chi connectivity index (χ2v) is 9.37. The first-order valence-electron chi connectivity index (χ1n) is 12.5. The summed E-state index contributed by atoms with van der Waals surface area (Å²) in [7, 11) is 0. The van der Waals surface area contributed by atoms with E-state index >= 15 is 0 Å². The molecule has 1 aliphatic rings. The molecule has 37 heavy (non-hydrogen) atoms. The molecule has 1 fully saturated rings. The summed E-state index contributed by atoms with van der Waals surface area (Å²) in [4.78, 5) is 34.6. The molecular weight excluding hydrogens is 470 g/mol. The van der Waals surface area contributed by atoms with Crippen LogP contribution in [0.1, 0.15) is 56.1 Å². The van der Waals surface area contributed by atoms with Gasteiger partial charge >= 0.3 is 0 Å². The topological polar surface area (TPSA) is 106 Å². The van der Waals surface area contributed by atoms with Gasteiger partial charge in [0, 0.05) is 49.6 Å². The van der Waals surface area contributed by atoms with E-state index in [1.54, 1.807) is 18.3 Å². The van der Waals surface area contributed by atoms with Gasteiger partial charge in [-0.1, -0.05) is 12.1 Å². The van der Waals surface area contributed by atoms with E-state index in [-0.39, 0.29) is 30.1 Å². The molecule has 3 aromatic rings. The number of amides is 2. The number of hydrogen-bond donors (Lipinski definition) is 2. The summed E-state index contributed by atoms with van der Waals surface area (Å²) in [6.07, 6.45) is 4.35. The Bertz CT molecular complexity index is 1230. The number of aromatic nitrogens is 2. The maximum absolute atomic E-state index is 12.7. The lowest BCUT2D eigenvalue weighted by Crippen LogP contribution is -2.27. The van der Waals surface area contributed by atoms with E-state index in [0.717, 1.165) is 36.5 Å². The highest BCUT2D eigenvalue weighted by molar-refractivity contribution is 5.96. The van der Waals surface area contributed by atoms with Gasteiger partial charge in [0.15, 0.2) is 0 Å². The second-order valence-electron chi connectivity index (χ2n) is 9.37. The van der Waals surface area contributed by atoms with Crippen molar-refractivity contribution >= 4 is 23.3 Å². The largest absolute Gasteiger partial charge is 0.489 e. The van der Waals surface area contributed by atoms with Crippen LogP contribution in [0, 0.1) is 0 Å². The Hall–Kier alpha value is -4.14. The first-order chi connectivity index (χ1) is 17.8. The third-order valence-electron chi connectivity index (χ3n) is 5.94. The number of ether oxygens (including phenoxy) is 2. The molecule has 0 saturated carbocycles. The molecule has 0 bridgehead atoms. The highest BCUT2D eigenvalue weighted by atomic mass is 16.5. The molecule has 0 spiro atoms. The maximum atomic E-state index is 12.7. The standard InChI is InChI=1S/C28H33N5O4/c1-18(2)36-27-16-23(10-13-30-27)33-14-11-25(17-33)37-24-7-5-21(6-8-24)19(3)31-28(35)22-9-12-29-26(15-22)32-20(4)34/h5-10,12-13,15-16,18-19,25H,11,14,17H2,1-4H3,(H,31,35)(H,29,32,34)/t19-,25+/m0/s1.